The fourth-order valence-electron chi connectivity index (χ4n) is 1.41. The summed E-state index contributed by atoms with van der Waals surface area (Å²) in [6.07, 6.45) is 5.66. The molecular weight excluding hydrogens is 280 g/mol. The molecule has 0 atom stereocenters. The van der Waals surface area contributed by atoms with Crippen LogP contribution in [0.4, 0.5) is 0 Å². The van der Waals surface area contributed by atoms with Crippen molar-refractivity contribution in [1.29, 1.82) is 0 Å². The van der Waals surface area contributed by atoms with Crippen LogP contribution in [-0.2, 0) is 16.6 Å². The summed E-state index contributed by atoms with van der Waals surface area (Å²) in [7, 11) is -3.67. The van der Waals surface area contributed by atoms with Crippen LogP contribution in [0.1, 0.15) is 11.3 Å². The van der Waals surface area contributed by atoms with Crippen LogP contribution < -0.4 is 4.72 Å². The molecule has 104 valence electrons. The first-order valence-corrected chi connectivity index (χ1v) is 7.12. The van der Waals surface area contributed by atoms with E-state index in [1.807, 2.05) is 0 Å². The van der Waals surface area contributed by atoms with Gasteiger partial charge in [0.2, 0.25) is 10.0 Å². The van der Waals surface area contributed by atoms with Gasteiger partial charge in [-0.05, 0) is 6.07 Å². The molecule has 0 aliphatic heterocycles. The van der Waals surface area contributed by atoms with Crippen LogP contribution in [0.25, 0.3) is 0 Å². The standard InChI is InChI=1S/C12H12N4O3S/c17-3-1-2-10-4-12(8-13-5-10)20(18,19)16-7-11-6-14-9-15-11/h4-6,8-9,16-17H,3,7H2,(H,14,15). The van der Waals surface area contributed by atoms with Crippen LogP contribution in [0.2, 0.25) is 0 Å². The van der Waals surface area contributed by atoms with Gasteiger partial charge in [0.25, 0.3) is 0 Å². The number of nitrogens with one attached hydrogen (secondary N) is 2. The number of hydrogen-bond donors (Lipinski definition) is 3. The van der Waals surface area contributed by atoms with Gasteiger partial charge in [-0.2, -0.15) is 0 Å². The summed E-state index contributed by atoms with van der Waals surface area (Å²) in [4.78, 5) is 10.4. The molecule has 0 aliphatic carbocycles. The van der Waals surface area contributed by atoms with Crippen molar-refractivity contribution in [3.05, 3.63) is 42.2 Å². The summed E-state index contributed by atoms with van der Waals surface area (Å²) in [5, 5.41) is 8.61. The van der Waals surface area contributed by atoms with Crippen molar-refractivity contribution in [2.45, 2.75) is 11.4 Å². The number of aromatic amines is 1. The van der Waals surface area contributed by atoms with Gasteiger partial charge in [-0.1, -0.05) is 11.8 Å². The molecule has 0 radical (unpaired) electrons. The van der Waals surface area contributed by atoms with E-state index in [4.69, 9.17) is 5.11 Å². The molecule has 8 heteroatoms. The van der Waals surface area contributed by atoms with Gasteiger partial charge in [0.1, 0.15) is 11.5 Å². The van der Waals surface area contributed by atoms with Crippen molar-refractivity contribution in [2.24, 2.45) is 0 Å². The molecule has 2 rings (SSSR count). The number of nitrogens with zero attached hydrogens (tertiary/aromatic N) is 2. The molecule has 0 spiro atoms. The summed E-state index contributed by atoms with van der Waals surface area (Å²) in [6, 6.07) is 1.39. The predicted octanol–water partition coefficient (Wildman–Crippen LogP) is -0.373. The second-order valence-corrected chi connectivity index (χ2v) is 5.54. The zero-order chi connectivity index (χ0) is 14.4. The highest BCUT2D eigenvalue weighted by atomic mass is 32.2. The number of aliphatic hydroxyl groups excluding tert-OH is 1. The van der Waals surface area contributed by atoms with E-state index in [1.54, 1.807) is 0 Å². The van der Waals surface area contributed by atoms with Gasteiger partial charge in [-0.25, -0.2) is 18.1 Å². The number of rotatable bonds is 4. The molecule has 0 saturated heterocycles. The Morgan fingerprint density at radius 1 is 1.30 bits per heavy atom. The third-order valence-electron chi connectivity index (χ3n) is 2.34. The maximum absolute atomic E-state index is 12.1. The van der Waals surface area contributed by atoms with E-state index < -0.39 is 10.0 Å². The molecule has 3 N–H and O–H groups in total. The largest absolute Gasteiger partial charge is 0.384 e. The zero-order valence-corrected chi connectivity index (χ0v) is 11.2. The van der Waals surface area contributed by atoms with E-state index in [0.29, 0.717) is 11.3 Å². The van der Waals surface area contributed by atoms with Gasteiger partial charge in [0, 0.05) is 29.8 Å². The SMILES string of the molecule is O=S(=O)(NCc1cnc[nH]1)c1cncc(C#CCO)c1. The van der Waals surface area contributed by atoms with Gasteiger partial charge in [0.05, 0.1) is 12.9 Å². The average Bonchev–Trinajstić information content (AvgIpc) is 2.97. The van der Waals surface area contributed by atoms with Crippen molar-refractivity contribution in [3.63, 3.8) is 0 Å². The van der Waals surface area contributed by atoms with Crippen LogP contribution >= 0.6 is 0 Å². The van der Waals surface area contributed by atoms with Crippen molar-refractivity contribution >= 4 is 10.0 Å². The van der Waals surface area contributed by atoms with E-state index in [2.05, 4.69) is 31.5 Å². The molecule has 0 amide bonds. The number of imidazole rings is 1. The quantitative estimate of drug-likeness (QED) is 0.666. The molecular formula is C12H12N4O3S. The Balaban J connectivity index is 2.16. The second-order valence-electron chi connectivity index (χ2n) is 3.77. The van der Waals surface area contributed by atoms with Gasteiger partial charge < -0.3 is 10.1 Å². The van der Waals surface area contributed by atoms with E-state index >= 15 is 0 Å². The number of hydrogen-bond acceptors (Lipinski definition) is 5. The third-order valence-corrected chi connectivity index (χ3v) is 3.71. The first-order chi connectivity index (χ1) is 9.62. The van der Waals surface area contributed by atoms with Gasteiger partial charge >= 0.3 is 0 Å². The first kappa shape index (κ1) is 14.2. The molecule has 0 unspecified atom stereocenters. The van der Waals surface area contributed by atoms with Crippen molar-refractivity contribution in [3.8, 4) is 11.8 Å². The van der Waals surface area contributed by atoms with Crippen molar-refractivity contribution < 1.29 is 13.5 Å². The van der Waals surface area contributed by atoms with E-state index in [-0.39, 0.29) is 18.0 Å². The Morgan fingerprint density at radius 3 is 2.85 bits per heavy atom. The molecule has 2 heterocycles. The Bertz CT molecular complexity index is 730. The summed E-state index contributed by atoms with van der Waals surface area (Å²) in [5.41, 5.74) is 1.07. The summed E-state index contributed by atoms with van der Waals surface area (Å²) >= 11 is 0. The number of pyridine rings is 1. The average molecular weight is 292 g/mol. The monoisotopic (exact) mass is 292 g/mol. The Kier molecular flexibility index (Phi) is 4.47. The Labute approximate surface area is 116 Å². The van der Waals surface area contributed by atoms with Crippen LogP contribution in [0, 0.1) is 11.8 Å². The minimum Gasteiger partial charge on any atom is -0.384 e. The number of sulfonamides is 1. The topological polar surface area (TPSA) is 108 Å². The molecule has 0 aromatic carbocycles. The Morgan fingerprint density at radius 2 is 2.15 bits per heavy atom. The lowest BCUT2D eigenvalue weighted by atomic mass is 10.3. The summed E-state index contributed by atoms with van der Waals surface area (Å²) < 4.78 is 26.6. The lowest BCUT2D eigenvalue weighted by Gasteiger charge is -2.05. The van der Waals surface area contributed by atoms with Crippen LogP contribution in [0.3, 0.4) is 0 Å². The van der Waals surface area contributed by atoms with Crippen LogP contribution in [0.5, 0.6) is 0 Å². The smallest absolute Gasteiger partial charge is 0.242 e. The highest BCUT2D eigenvalue weighted by Gasteiger charge is 2.14. The molecule has 2 aromatic heterocycles. The third kappa shape index (κ3) is 3.64. The highest BCUT2D eigenvalue weighted by molar-refractivity contribution is 7.89. The van der Waals surface area contributed by atoms with Gasteiger partial charge in [-0.3, -0.25) is 4.98 Å². The van der Waals surface area contributed by atoms with E-state index in [1.165, 1.54) is 31.0 Å². The second kappa shape index (κ2) is 6.29. The minimum absolute atomic E-state index is 0.0155. The molecule has 0 bridgehead atoms. The highest BCUT2D eigenvalue weighted by Crippen LogP contribution is 2.09. The summed E-state index contributed by atoms with van der Waals surface area (Å²) in [6.45, 7) is -0.191. The molecule has 20 heavy (non-hydrogen) atoms. The van der Waals surface area contributed by atoms with Crippen molar-refractivity contribution in [1.82, 2.24) is 19.7 Å². The number of H-pyrrole nitrogens is 1. The molecule has 7 nitrogen and oxygen atoms in total. The molecule has 2 aromatic rings. The van der Waals surface area contributed by atoms with Crippen LogP contribution in [-0.4, -0.2) is 35.1 Å². The van der Waals surface area contributed by atoms with Crippen LogP contribution in [0.15, 0.2) is 35.9 Å². The van der Waals surface area contributed by atoms with Gasteiger partial charge in [-0.15, -0.1) is 0 Å². The van der Waals surface area contributed by atoms with E-state index in [9.17, 15) is 8.42 Å². The number of aromatic nitrogens is 3. The Hall–Kier alpha value is -2.21. The fraction of sp³-hybridized carbons (Fsp3) is 0.167. The van der Waals surface area contributed by atoms with Gasteiger partial charge in [0.15, 0.2) is 0 Å². The normalized spacial score (nSPS) is 10.8. The first-order valence-electron chi connectivity index (χ1n) is 5.63. The lowest BCUT2D eigenvalue weighted by Crippen LogP contribution is -2.23. The minimum atomic E-state index is -3.67. The molecule has 0 aliphatic rings. The fourth-order valence-corrected chi connectivity index (χ4v) is 2.41. The predicted molar refractivity (Wildman–Crippen MR) is 70.8 cm³/mol. The molecule has 0 fully saturated rings. The maximum Gasteiger partial charge on any atom is 0.242 e. The zero-order valence-electron chi connectivity index (χ0n) is 10.4. The number of aliphatic hydroxyl groups is 1. The maximum atomic E-state index is 12.1. The summed E-state index contributed by atoms with van der Waals surface area (Å²) in [5.74, 6) is 5.04. The lowest BCUT2D eigenvalue weighted by molar-refractivity contribution is 0.350. The van der Waals surface area contributed by atoms with E-state index in [0.717, 1.165) is 0 Å². The van der Waals surface area contributed by atoms with Crippen molar-refractivity contribution in [2.75, 3.05) is 6.61 Å². The molecule has 0 saturated carbocycles.